The number of halogens is 13. The largest absolute Gasteiger partial charge is 0.790 e. The zero-order chi connectivity index (χ0) is 20.2. The fourth-order valence-electron chi connectivity index (χ4n) is 1.29. The second-order valence-corrected chi connectivity index (χ2v) is 4.94. The molecule has 0 aromatic rings. The highest BCUT2D eigenvalue weighted by Gasteiger charge is 2.94. The SMILES string of the molecule is O=P([O-])([O-])OC(C(F)(F)F)(C(F)(F)C(F)(F)F)C(F)(F)C(F)(F)F. The van der Waals surface area contributed by atoms with Crippen LogP contribution in [0, 0.1) is 0 Å². The molecule has 0 saturated carbocycles. The molecule has 18 heteroatoms. The number of hydrogen-bond acceptors (Lipinski definition) is 4. The normalized spacial score (nSPS) is 16.5. The maximum atomic E-state index is 13.0. The molecule has 0 spiro atoms. The molecule has 0 aromatic heterocycles. The minimum Gasteiger partial charge on any atom is -0.790 e. The summed E-state index contributed by atoms with van der Waals surface area (Å²) in [5.74, 6) is -16.4. The van der Waals surface area contributed by atoms with Gasteiger partial charge < -0.3 is 18.9 Å². The summed E-state index contributed by atoms with van der Waals surface area (Å²) in [6.07, 6.45) is -23.7. The molecule has 0 fully saturated rings. The van der Waals surface area contributed by atoms with Gasteiger partial charge in [-0.15, -0.1) is 0 Å². The van der Waals surface area contributed by atoms with Gasteiger partial charge >= 0.3 is 36.0 Å². The smallest absolute Gasteiger partial charge is 0.457 e. The van der Waals surface area contributed by atoms with Crippen LogP contribution < -0.4 is 9.79 Å². The molecule has 146 valence electrons. The van der Waals surface area contributed by atoms with E-state index in [1.807, 2.05) is 0 Å². The number of phosphoric ester groups is 1. The van der Waals surface area contributed by atoms with Gasteiger partial charge in [0.1, 0.15) is 0 Å². The minimum absolute atomic E-state index is 1.55. The van der Waals surface area contributed by atoms with Crippen molar-refractivity contribution in [2.45, 2.75) is 36.0 Å². The first-order chi connectivity index (χ1) is 9.96. The van der Waals surface area contributed by atoms with Crippen LogP contribution in [-0.2, 0) is 9.09 Å². The minimum atomic E-state index is -8.21. The van der Waals surface area contributed by atoms with Crippen LogP contribution in [0.2, 0.25) is 0 Å². The van der Waals surface area contributed by atoms with E-state index in [0.29, 0.717) is 0 Å². The fraction of sp³-hybridized carbons (Fsp3) is 1.00. The Morgan fingerprint density at radius 3 is 0.958 bits per heavy atom. The molecule has 0 unspecified atom stereocenters. The molecule has 0 aliphatic rings. The fourth-order valence-corrected chi connectivity index (χ4v) is 1.95. The molecule has 0 atom stereocenters. The van der Waals surface area contributed by atoms with Gasteiger partial charge in [-0.05, 0) is 0 Å². The van der Waals surface area contributed by atoms with Crippen LogP contribution in [-0.4, -0.2) is 36.0 Å². The van der Waals surface area contributed by atoms with Gasteiger partial charge in [-0.3, -0.25) is 0 Å². The van der Waals surface area contributed by atoms with E-state index in [9.17, 15) is 71.4 Å². The van der Waals surface area contributed by atoms with Gasteiger partial charge in [0.25, 0.3) is 0 Å². The Balaban J connectivity index is 7.19. The zero-order valence-electron chi connectivity index (χ0n) is 9.99. The maximum absolute atomic E-state index is 13.0. The maximum Gasteiger partial charge on any atom is 0.457 e. The zero-order valence-corrected chi connectivity index (χ0v) is 10.9. The molecule has 0 N–H and O–H groups in total. The second kappa shape index (κ2) is 5.60. The van der Waals surface area contributed by atoms with Crippen molar-refractivity contribution in [3.63, 3.8) is 0 Å². The highest BCUT2D eigenvalue weighted by Crippen LogP contribution is 2.65. The molecule has 0 radical (unpaired) electrons. The highest BCUT2D eigenvalue weighted by molar-refractivity contribution is 7.43. The Labute approximate surface area is 121 Å². The molecule has 0 saturated heterocycles. The van der Waals surface area contributed by atoms with Gasteiger partial charge in [0.15, 0.2) is 0 Å². The van der Waals surface area contributed by atoms with E-state index < -0.39 is 43.8 Å². The van der Waals surface area contributed by atoms with Crippen LogP contribution in [0.15, 0.2) is 0 Å². The molecule has 0 aliphatic carbocycles. The van der Waals surface area contributed by atoms with Gasteiger partial charge in [0.2, 0.25) is 0 Å². The molecule has 0 amide bonds. The van der Waals surface area contributed by atoms with Gasteiger partial charge in [-0.2, -0.15) is 57.1 Å². The monoisotopic (exact) mass is 414 g/mol. The van der Waals surface area contributed by atoms with E-state index in [0.717, 1.165) is 0 Å². The third-order valence-electron chi connectivity index (χ3n) is 2.24. The van der Waals surface area contributed by atoms with Gasteiger partial charge in [-0.1, -0.05) is 0 Å². The first kappa shape index (κ1) is 23.2. The van der Waals surface area contributed by atoms with Crippen molar-refractivity contribution < 1.29 is 76.0 Å². The molecule has 0 aromatic carbocycles. The van der Waals surface area contributed by atoms with Crippen LogP contribution >= 0.6 is 7.82 Å². The summed E-state index contributed by atoms with van der Waals surface area (Å²) in [6, 6.07) is 0. The van der Waals surface area contributed by atoms with Crippen molar-refractivity contribution in [2.24, 2.45) is 0 Å². The quantitative estimate of drug-likeness (QED) is 0.524. The summed E-state index contributed by atoms with van der Waals surface area (Å²) in [5.41, 5.74) is -8.12. The predicted molar refractivity (Wildman–Crippen MR) is 39.5 cm³/mol. The van der Waals surface area contributed by atoms with Crippen LogP contribution in [0.5, 0.6) is 0 Å². The van der Waals surface area contributed by atoms with E-state index in [1.165, 1.54) is 0 Å². The summed E-state index contributed by atoms with van der Waals surface area (Å²) in [7, 11) is -7.90. The summed E-state index contributed by atoms with van der Waals surface area (Å²) < 4.78 is 173. The van der Waals surface area contributed by atoms with Crippen molar-refractivity contribution in [2.75, 3.05) is 0 Å². The molecular weight excluding hydrogens is 414 g/mol. The van der Waals surface area contributed by atoms with Crippen molar-refractivity contribution >= 4 is 7.82 Å². The van der Waals surface area contributed by atoms with Crippen LogP contribution in [0.4, 0.5) is 57.1 Å². The molecule has 4 nitrogen and oxygen atoms in total. The van der Waals surface area contributed by atoms with Gasteiger partial charge in [0.05, 0.1) is 7.82 Å². The van der Waals surface area contributed by atoms with E-state index in [-0.39, 0.29) is 0 Å². The van der Waals surface area contributed by atoms with Crippen molar-refractivity contribution in [3.05, 3.63) is 0 Å². The number of phosphoric acid groups is 1. The number of rotatable bonds is 4. The molecule has 0 aliphatic heterocycles. The van der Waals surface area contributed by atoms with Crippen molar-refractivity contribution in [1.82, 2.24) is 0 Å². The van der Waals surface area contributed by atoms with Crippen LogP contribution in [0.25, 0.3) is 0 Å². The Morgan fingerprint density at radius 2 is 0.833 bits per heavy atom. The third kappa shape index (κ3) is 3.43. The molecular formula is C6F13O4P-2. The van der Waals surface area contributed by atoms with Gasteiger partial charge in [0, 0.05) is 0 Å². The first-order valence-electron chi connectivity index (χ1n) is 4.64. The summed E-state index contributed by atoms with van der Waals surface area (Å²) in [6.45, 7) is 0. The number of alkyl halides is 13. The molecule has 0 rings (SSSR count). The van der Waals surface area contributed by atoms with E-state index in [1.54, 1.807) is 4.52 Å². The first-order valence-corrected chi connectivity index (χ1v) is 6.10. The summed E-state index contributed by atoms with van der Waals surface area (Å²) >= 11 is 0. The average Bonchev–Trinajstić information content (AvgIpc) is 2.18. The number of hydrogen-bond donors (Lipinski definition) is 0. The third-order valence-corrected chi connectivity index (χ3v) is 2.74. The van der Waals surface area contributed by atoms with Crippen molar-refractivity contribution in [3.8, 4) is 0 Å². The topological polar surface area (TPSA) is 72.4 Å². The second-order valence-electron chi connectivity index (χ2n) is 3.86. The Hall–Kier alpha value is -0.800. The lowest BCUT2D eigenvalue weighted by Gasteiger charge is -2.49. The molecule has 24 heavy (non-hydrogen) atoms. The standard InChI is InChI=1S/C6H2F13O4P/c7-2(8,5(14,15)16)1(4(11,12)13,23-24(20,21)22)3(9,10)6(17,18)19/h(H2,20,21,22)/p-2. The lowest BCUT2D eigenvalue weighted by molar-refractivity contribution is -0.484. The van der Waals surface area contributed by atoms with Crippen LogP contribution in [0.1, 0.15) is 0 Å². The lowest BCUT2D eigenvalue weighted by Crippen LogP contribution is -2.77. The Morgan fingerprint density at radius 1 is 0.583 bits per heavy atom. The molecule has 0 heterocycles. The summed E-state index contributed by atoms with van der Waals surface area (Å²) in [5, 5.41) is 0. The van der Waals surface area contributed by atoms with Crippen LogP contribution in [0.3, 0.4) is 0 Å². The Kier molecular flexibility index (Phi) is 5.42. The van der Waals surface area contributed by atoms with E-state index >= 15 is 0 Å². The highest BCUT2D eigenvalue weighted by atomic mass is 31.2. The van der Waals surface area contributed by atoms with E-state index in [4.69, 9.17) is 0 Å². The Bertz CT molecular complexity index is 484. The average molecular weight is 414 g/mol. The van der Waals surface area contributed by atoms with Crippen molar-refractivity contribution in [1.29, 1.82) is 0 Å². The molecule has 0 bridgehead atoms. The lowest BCUT2D eigenvalue weighted by atomic mass is 9.86. The van der Waals surface area contributed by atoms with Gasteiger partial charge in [-0.25, -0.2) is 0 Å². The predicted octanol–water partition coefficient (Wildman–Crippen LogP) is 2.53. The summed E-state index contributed by atoms with van der Waals surface area (Å²) in [4.78, 5) is 20.0. The van der Waals surface area contributed by atoms with E-state index in [2.05, 4.69) is 0 Å².